The van der Waals surface area contributed by atoms with Crippen LogP contribution in [0, 0.1) is 0 Å². The number of benzene rings is 1. The molecule has 1 aromatic carbocycles. The molecule has 0 N–H and O–H groups in total. The highest BCUT2D eigenvalue weighted by molar-refractivity contribution is 6.30. The van der Waals surface area contributed by atoms with Gasteiger partial charge in [-0.1, -0.05) is 29.8 Å². The summed E-state index contributed by atoms with van der Waals surface area (Å²) in [5.74, 6) is -0.0695. The molecule has 3 aromatic heterocycles. The Morgan fingerprint density at radius 1 is 1.25 bits per heavy atom. The van der Waals surface area contributed by atoms with Gasteiger partial charge in [-0.3, -0.25) is 4.79 Å². The van der Waals surface area contributed by atoms with Gasteiger partial charge in [-0.2, -0.15) is 5.10 Å². The van der Waals surface area contributed by atoms with Gasteiger partial charge >= 0.3 is 0 Å². The van der Waals surface area contributed by atoms with Crippen LogP contribution in [0.4, 0.5) is 0 Å². The quantitative estimate of drug-likeness (QED) is 0.482. The van der Waals surface area contributed by atoms with Crippen molar-refractivity contribution in [2.24, 2.45) is 0 Å². The van der Waals surface area contributed by atoms with Crippen LogP contribution in [0.5, 0.6) is 0 Å². The van der Waals surface area contributed by atoms with Crippen molar-refractivity contribution in [2.75, 3.05) is 6.54 Å². The number of halogens is 1. The van der Waals surface area contributed by atoms with Crippen molar-refractivity contribution in [3.05, 3.63) is 83.0 Å². The largest absolute Gasteiger partial charge is 0.472 e. The van der Waals surface area contributed by atoms with Gasteiger partial charge in [-0.25, -0.2) is 4.52 Å². The van der Waals surface area contributed by atoms with Crippen LogP contribution in [0.15, 0.2) is 65.6 Å². The Bertz CT molecular complexity index is 1180. The Kier molecular flexibility index (Phi) is 3.98. The number of hydrogen-bond donors (Lipinski definition) is 0. The minimum Gasteiger partial charge on any atom is -0.472 e. The van der Waals surface area contributed by atoms with Gasteiger partial charge in [0, 0.05) is 18.3 Å². The van der Waals surface area contributed by atoms with E-state index >= 15 is 0 Å². The lowest BCUT2D eigenvalue weighted by Gasteiger charge is -2.36. The second-order valence-corrected chi connectivity index (χ2v) is 7.50. The summed E-state index contributed by atoms with van der Waals surface area (Å²) in [5, 5.41) is 5.02. The first-order chi connectivity index (χ1) is 13.6. The van der Waals surface area contributed by atoms with Crippen LogP contribution in [0.1, 0.15) is 34.6 Å². The van der Waals surface area contributed by atoms with Gasteiger partial charge in [0.05, 0.1) is 29.1 Å². The molecule has 28 heavy (non-hydrogen) atoms. The minimum absolute atomic E-state index is 0.0595. The number of furan rings is 1. The Hall–Kier alpha value is -3.05. The van der Waals surface area contributed by atoms with Crippen LogP contribution in [-0.4, -0.2) is 27.0 Å². The molecule has 0 saturated carbocycles. The molecule has 5 nitrogen and oxygen atoms in total. The summed E-state index contributed by atoms with van der Waals surface area (Å²) in [5.41, 5.74) is 5.86. The molecular formula is C22H18ClN3O2. The van der Waals surface area contributed by atoms with Crippen molar-refractivity contribution in [1.29, 1.82) is 0 Å². The standard InChI is InChI=1S/C22H18ClN3O2/c1-14-21-15(3-2-4-19(21)16-8-10-28-13-16)7-9-25(14)22(27)20-11-18-6-5-17(23)12-26(18)24-20/h2-6,8,10-14H,7,9H2,1H3. The SMILES string of the molecule is CC1c2c(cccc2-c2ccoc2)CCN1C(=O)c1cc2ccc(Cl)cn2n1. The number of hydrogen-bond acceptors (Lipinski definition) is 3. The van der Waals surface area contributed by atoms with E-state index in [-0.39, 0.29) is 11.9 Å². The lowest BCUT2D eigenvalue weighted by molar-refractivity contribution is 0.0672. The molecule has 1 unspecified atom stereocenters. The molecule has 0 spiro atoms. The third-order valence-electron chi connectivity index (χ3n) is 5.44. The van der Waals surface area contributed by atoms with Crippen LogP contribution in [0.2, 0.25) is 5.02 Å². The lowest BCUT2D eigenvalue weighted by atomic mass is 9.87. The summed E-state index contributed by atoms with van der Waals surface area (Å²) in [7, 11) is 0. The molecule has 1 aliphatic heterocycles. The molecule has 0 radical (unpaired) electrons. The number of nitrogens with zero attached hydrogens (tertiary/aromatic N) is 3. The summed E-state index contributed by atoms with van der Waals surface area (Å²) in [4.78, 5) is 15.2. The summed E-state index contributed by atoms with van der Waals surface area (Å²) in [6, 6.07) is 13.7. The average Bonchev–Trinajstić information content (AvgIpc) is 3.37. The topological polar surface area (TPSA) is 50.8 Å². The van der Waals surface area contributed by atoms with Crippen molar-refractivity contribution in [2.45, 2.75) is 19.4 Å². The van der Waals surface area contributed by atoms with E-state index in [1.165, 1.54) is 11.1 Å². The van der Waals surface area contributed by atoms with Gasteiger partial charge in [-0.15, -0.1) is 0 Å². The number of fused-ring (bicyclic) bond motifs is 2. The zero-order valence-corrected chi connectivity index (χ0v) is 16.1. The second kappa shape index (κ2) is 6.53. The fourth-order valence-corrected chi connectivity index (χ4v) is 4.23. The Morgan fingerprint density at radius 2 is 2.14 bits per heavy atom. The Morgan fingerprint density at radius 3 is 2.96 bits per heavy atom. The molecule has 0 saturated heterocycles. The molecule has 5 rings (SSSR count). The van der Waals surface area contributed by atoms with Gasteiger partial charge in [0.25, 0.3) is 5.91 Å². The van der Waals surface area contributed by atoms with E-state index in [4.69, 9.17) is 16.0 Å². The predicted octanol–water partition coefficient (Wildman–Crippen LogP) is 5.01. The van der Waals surface area contributed by atoms with E-state index in [0.717, 1.165) is 23.1 Å². The maximum atomic E-state index is 13.3. The molecule has 0 aliphatic carbocycles. The molecule has 1 aliphatic rings. The molecule has 1 atom stereocenters. The number of pyridine rings is 1. The molecule has 140 valence electrons. The van der Waals surface area contributed by atoms with Crippen molar-refractivity contribution >= 4 is 23.0 Å². The lowest BCUT2D eigenvalue weighted by Crippen LogP contribution is -2.39. The van der Waals surface area contributed by atoms with Gasteiger partial charge < -0.3 is 9.32 Å². The van der Waals surface area contributed by atoms with Crippen LogP contribution in [-0.2, 0) is 6.42 Å². The summed E-state index contributed by atoms with van der Waals surface area (Å²) < 4.78 is 6.93. The molecule has 0 bridgehead atoms. The third-order valence-corrected chi connectivity index (χ3v) is 5.66. The number of carbonyl (C=O) groups excluding carboxylic acids is 1. The van der Waals surface area contributed by atoms with Crippen molar-refractivity contribution < 1.29 is 9.21 Å². The summed E-state index contributed by atoms with van der Waals surface area (Å²) >= 11 is 6.04. The van der Waals surface area contributed by atoms with Crippen LogP contribution < -0.4 is 0 Å². The Labute approximate surface area is 167 Å². The van der Waals surface area contributed by atoms with Gasteiger partial charge in [0.2, 0.25) is 0 Å². The second-order valence-electron chi connectivity index (χ2n) is 7.06. The number of carbonyl (C=O) groups is 1. The fraction of sp³-hybridized carbons (Fsp3) is 0.182. The van der Waals surface area contributed by atoms with E-state index in [1.807, 2.05) is 23.1 Å². The molecule has 4 heterocycles. The van der Waals surface area contributed by atoms with Gasteiger partial charge in [-0.05, 0) is 54.3 Å². The molecule has 6 heteroatoms. The zero-order valence-electron chi connectivity index (χ0n) is 15.3. The molecule has 4 aromatic rings. The van der Waals surface area contributed by atoms with E-state index in [0.29, 0.717) is 17.3 Å². The number of aromatic nitrogens is 2. The first kappa shape index (κ1) is 17.1. The molecular weight excluding hydrogens is 374 g/mol. The Balaban J connectivity index is 1.53. The van der Waals surface area contributed by atoms with Crippen LogP contribution in [0.25, 0.3) is 16.6 Å². The highest BCUT2D eigenvalue weighted by Gasteiger charge is 2.31. The zero-order chi connectivity index (χ0) is 19.3. The summed E-state index contributed by atoms with van der Waals surface area (Å²) in [6.07, 6.45) is 5.94. The van der Waals surface area contributed by atoms with E-state index in [2.05, 4.69) is 30.2 Å². The van der Waals surface area contributed by atoms with Crippen molar-refractivity contribution in [1.82, 2.24) is 14.5 Å². The highest BCUT2D eigenvalue weighted by atomic mass is 35.5. The highest BCUT2D eigenvalue weighted by Crippen LogP contribution is 2.38. The maximum Gasteiger partial charge on any atom is 0.274 e. The fourth-order valence-electron chi connectivity index (χ4n) is 4.07. The van der Waals surface area contributed by atoms with Crippen LogP contribution >= 0.6 is 11.6 Å². The van der Waals surface area contributed by atoms with E-state index < -0.39 is 0 Å². The first-order valence-corrected chi connectivity index (χ1v) is 9.60. The average molecular weight is 392 g/mol. The minimum atomic E-state index is -0.0695. The third kappa shape index (κ3) is 2.70. The van der Waals surface area contributed by atoms with Crippen molar-refractivity contribution in [3.63, 3.8) is 0 Å². The summed E-state index contributed by atoms with van der Waals surface area (Å²) in [6.45, 7) is 2.74. The van der Waals surface area contributed by atoms with E-state index in [9.17, 15) is 4.79 Å². The number of amides is 1. The number of rotatable bonds is 2. The van der Waals surface area contributed by atoms with E-state index in [1.54, 1.807) is 29.3 Å². The van der Waals surface area contributed by atoms with Gasteiger partial charge in [0.15, 0.2) is 5.69 Å². The van der Waals surface area contributed by atoms with Crippen molar-refractivity contribution in [3.8, 4) is 11.1 Å². The van der Waals surface area contributed by atoms with Crippen LogP contribution in [0.3, 0.4) is 0 Å². The predicted molar refractivity (Wildman–Crippen MR) is 108 cm³/mol. The first-order valence-electron chi connectivity index (χ1n) is 9.22. The molecule has 0 fully saturated rings. The smallest absolute Gasteiger partial charge is 0.274 e. The monoisotopic (exact) mass is 391 g/mol. The normalized spacial score (nSPS) is 16.4. The van der Waals surface area contributed by atoms with Gasteiger partial charge in [0.1, 0.15) is 0 Å². The maximum absolute atomic E-state index is 13.3. The molecule has 1 amide bonds.